The lowest BCUT2D eigenvalue weighted by Crippen LogP contribution is -2.56. The number of halogens is 1. The van der Waals surface area contributed by atoms with Crippen molar-refractivity contribution < 1.29 is 4.79 Å². The topological polar surface area (TPSA) is 76.7 Å². The third-order valence-corrected chi connectivity index (χ3v) is 5.89. The van der Waals surface area contributed by atoms with Gasteiger partial charge in [-0.05, 0) is 72.7 Å². The predicted molar refractivity (Wildman–Crippen MR) is 84.8 cm³/mol. The van der Waals surface area contributed by atoms with Crippen molar-refractivity contribution in [2.75, 3.05) is 0 Å². The van der Waals surface area contributed by atoms with Gasteiger partial charge < -0.3 is 5.32 Å². The van der Waals surface area contributed by atoms with Crippen LogP contribution in [0.1, 0.15) is 54.4 Å². The molecule has 1 N–H and O–H groups in total. The van der Waals surface area contributed by atoms with Crippen LogP contribution in [0.5, 0.6) is 0 Å². The van der Waals surface area contributed by atoms with Gasteiger partial charge in [0.05, 0.1) is 28.7 Å². The minimum Gasteiger partial charge on any atom is -0.347 e. The molecule has 3 aliphatic carbocycles. The van der Waals surface area contributed by atoms with Gasteiger partial charge in [-0.2, -0.15) is 10.5 Å². The van der Waals surface area contributed by atoms with Crippen LogP contribution in [0.2, 0.25) is 0 Å². The second-order valence-electron chi connectivity index (χ2n) is 6.43. The van der Waals surface area contributed by atoms with E-state index in [9.17, 15) is 10.1 Å². The zero-order valence-electron chi connectivity index (χ0n) is 12.2. The molecule has 3 saturated carbocycles. The molecule has 1 aromatic rings. The second-order valence-corrected chi connectivity index (χ2v) is 7.29. The maximum absolute atomic E-state index is 12.6. The molecule has 5 heteroatoms. The van der Waals surface area contributed by atoms with Gasteiger partial charge >= 0.3 is 0 Å². The van der Waals surface area contributed by atoms with E-state index < -0.39 is 0 Å². The lowest BCUT2D eigenvalue weighted by Gasteiger charge is -2.50. The Labute approximate surface area is 138 Å². The molecule has 0 atom stereocenters. The Morgan fingerprint density at radius 3 is 2.32 bits per heavy atom. The predicted octanol–water partition coefficient (Wildman–Crippen LogP) is 3.67. The van der Waals surface area contributed by atoms with Gasteiger partial charge in [0.1, 0.15) is 0 Å². The zero-order valence-corrected chi connectivity index (χ0v) is 13.7. The Hall–Kier alpha value is -1.85. The van der Waals surface area contributed by atoms with E-state index in [1.165, 1.54) is 0 Å². The lowest BCUT2D eigenvalue weighted by atomic mass is 9.58. The number of benzene rings is 1. The molecule has 0 radical (unpaired) electrons. The minimum atomic E-state index is -0.183. The van der Waals surface area contributed by atoms with Crippen molar-refractivity contribution in [3.8, 4) is 12.1 Å². The van der Waals surface area contributed by atoms with Crippen LogP contribution in [0.4, 0.5) is 0 Å². The summed E-state index contributed by atoms with van der Waals surface area (Å²) < 4.78 is 0.693. The first-order valence-corrected chi connectivity index (χ1v) is 8.24. The number of carbonyl (C=O) groups excluding carboxylic acids is 1. The molecule has 112 valence electrons. The molecule has 0 unspecified atom stereocenters. The number of amides is 1. The van der Waals surface area contributed by atoms with E-state index in [2.05, 4.69) is 33.4 Å². The Bertz CT molecular complexity index is 689. The molecule has 2 bridgehead atoms. The van der Waals surface area contributed by atoms with Crippen molar-refractivity contribution in [3.63, 3.8) is 0 Å². The monoisotopic (exact) mass is 357 g/mol. The smallest absolute Gasteiger partial charge is 0.252 e. The SMILES string of the molecule is N#Cc1ccc(Br)c(C(=O)NC23CCC(C#N)(CC2)CC3)c1. The second kappa shape index (κ2) is 5.41. The number of hydrogen-bond acceptors (Lipinski definition) is 3. The highest BCUT2D eigenvalue weighted by molar-refractivity contribution is 9.10. The normalized spacial score (nSPS) is 29.4. The van der Waals surface area contributed by atoms with Crippen molar-refractivity contribution in [2.24, 2.45) is 5.41 Å². The average Bonchev–Trinajstić information content (AvgIpc) is 2.56. The third-order valence-electron chi connectivity index (χ3n) is 5.20. The van der Waals surface area contributed by atoms with Crippen LogP contribution >= 0.6 is 15.9 Å². The number of hydrogen-bond donors (Lipinski definition) is 1. The molecule has 0 saturated heterocycles. The van der Waals surface area contributed by atoms with Crippen LogP contribution in [-0.2, 0) is 0 Å². The van der Waals surface area contributed by atoms with E-state index >= 15 is 0 Å². The molecule has 3 aliphatic rings. The molecular weight excluding hydrogens is 342 g/mol. The van der Waals surface area contributed by atoms with Gasteiger partial charge in [0.25, 0.3) is 5.91 Å². The summed E-state index contributed by atoms with van der Waals surface area (Å²) in [6.07, 6.45) is 5.18. The molecule has 0 heterocycles. The van der Waals surface area contributed by atoms with Gasteiger partial charge in [-0.3, -0.25) is 4.79 Å². The van der Waals surface area contributed by atoms with Crippen molar-refractivity contribution in [2.45, 2.75) is 44.1 Å². The largest absolute Gasteiger partial charge is 0.347 e. The molecule has 0 aromatic heterocycles. The summed E-state index contributed by atoms with van der Waals surface area (Å²) in [6.45, 7) is 0. The lowest BCUT2D eigenvalue weighted by molar-refractivity contribution is 0.0521. The standard InChI is InChI=1S/C17H16BrN3O/c18-14-2-1-12(10-19)9-13(14)15(22)21-17-6-3-16(11-20,4-7-17)5-8-17/h1-2,9H,3-8H2,(H,21,22). The Kier molecular flexibility index (Phi) is 3.70. The molecular formula is C17H16BrN3O. The van der Waals surface area contributed by atoms with Gasteiger partial charge in [-0.25, -0.2) is 0 Å². The fourth-order valence-corrected chi connectivity index (χ4v) is 4.04. The van der Waals surface area contributed by atoms with Crippen molar-refractivity contribution in [3.05, 3.63) is 33.8 Å². The van der Waals surface area contributed by atoms with E-state index in [0.29, 0.717) is 15.6 Å². The van der Waals surface area contributed by atoms with Gasteiger partial charge in [0, 0.05) is 10.0 Å². The van der Waals surface area contributed by atoms with Gasteiger partial charge in [0.2, 0.25) is 0 Å². The van der Waals surface area contributed by atoms with Crippen molar-refractivity contribution in [1.29, 1.82) is 10.5 Å². The maximum Gasteiger partial charge on any atom is 0.252 e. The summed E-state index contributed by atoms with van der Waals surface area (Å²) >= 11 is 3.38. The van der Waals surface area contributed by atoms with Gasteiger partial charge in [-0.15, -0.1) is 0 Å². The van der Waals surface area contributed by atoms with Crippen molar-refractivity contribution in [1.82, 2.24) is 5.32 Å². The summed E-state index contributed by atoms with van der Waals surface area (Å²) in [4.78, 5) is 12.6. The molecule has 1 aromatic carbocycles. The molecule has 4 rings (SSSR count). The van der Waals surface area contributed by atoms with Crippen molar-refractivity contribution >= 4 is 21.8 Å². The summed E-state index contributed by atoms with van der Waals surface area (Å²) in [5, 5.41) is 21.5. The highest BCUT2D eigenvalue weighted by atomic mass is 79.9. The summed E-state index contributed by atoms with van der Waals surface area (Å²) in [5.74, 6) is -0.143. The number of fused-ring (bicyclic) bond motifs is 3. The maximum atomic E-state index is 12.6. The quantitative estimate of drug-likeness (QED) is 0.876. The number of carbonyl (C=O) groups is 1. The molecule has 1 amide bonds. The zero-order chi connectivity index (χ0) is 15.8. The van der Waals surface area contributed by atoms with E-state index in [1.54, 1.807) is 18.2 Å². The van der Waals surface area contributed by atoms with Gasteiger partial charge in [-0.1, -0.05) is 0 Å². The molecule has 22 heavy (non-hydrogen) atoms. The van der Waals surface area contributed by atoms with E-state index in [1.807, 2.05) is 0 Å². The van der Waals surface area contributed by atoms with Gasteiger partial charge in [0.15, 0.2) is 0 Å². The van der Waals surface area contributed by atoms with Crippen LogP contribution in [0.15, 0.2) is 22.7 Å². The van der Waals surface area contributed by atoms with Crippen LogP contribution in [0.3, 0.4) is 0 Å². The fourth-order valence-electron chi connectivity index (χ4n) is 3.62. The molecule has 4 nitrogen and oxygen atoms in total. The van der Waals surface area contributed by atoms with Crippen LogP contribution in [-0.4, -0.2) is 11.4 Å². The fraction of sp³-hybridized carbons (Fsp3) is 0.471. The van der Waals surface area contributed by atoms with Crippen LogP contribution in [0.25, 0.3) is 0 Å². The number of nitrogens with zero attached hydrogens (tertiary/aromatic N) is 2. The first-order chi connectivity index (χ1) is 10.5. The highest BCUT2D eigenvalue weighted by Gasteiger charge is 2.49. The molecule has 0 spiro atoms. The van der Waals surface area contributed by atoms with Crippen LogP contribution in [0, 0.1) is 28.1 Å². The van der Waals surface area contributed by atoms with Crippen LogP contribution < -0.4 is 5.32 Å². The van der Waals surface area contributed by atoms with E-state index in [4.69, 9.17) is 5.26 Å². The summed E-state index contributed by atoms with van der Waals surface area (Å²) in [5.41, 5.74) is 0.628. The average molecular weight is 358 g/mol. The first-order valence-electron chi connectivity index (χ1n) is 7.45. The van der Waals surface area contributed by atoms with E-state index in [0.717, 1.165) is 38.5 Å². The Morgan fingerprint density at radius 1 is 1.14 bits per heavy atom. The summed E-state index contributed by atoms with van der Waals surface area (Å²) in [7, 11) is 0. The Morgan fingerprint density at radius 2 is 1.77 bits per heavy atom. The summed E-state index contributed by atoms with van der Waals surface area (Å²) in [6, 6.07) is 9.56. The minimum absolute atomic E-state index is 0.143. The third kappa shape index (κ3) is 2.51. The number of nitrogens with one attached hydrogen (secondary N) is 1. The number of nitriles is 2. The molecule has 3 fully saturated rings. The highest BCUT2D eigenvalue weighted by Crippen LogP contribution is 2.52. The Balaban J connectivity index is 1.79. The van der Waals surface area contributed by atoms with E-state index in [-0.39, 0.29) is 16.9 Å². The first kappa shape index (κ1) is 15.1. The molecule has 0 aliphatic heterocycles. The number of rotatable bonds is 2.